The summed E-state index contributed by atoms with van der Waals surface area (Å²) in [6, 6.07) is 29.5. The van der Waals surface area contributed by atoms with Gasteiger partial charge in [-0.05, 0) is 29.8 Å². The van der Waals surface area contributed by atoms with E-state index in [-0.39, 0.29) is 0 Å². The van der Waals surface area contributed by atoms with Gasteiger partial charge in [0.15, 0.2) is 0 Å². The topological polar surface area (TPSA) is 28.7 Å². The van der Waals surface area contributed by atoms with E-state index < -0.39 is 0 Å². The van der Waals surface area contributed by atoms with Crippen molar-refractivity contribution >= 4 is 21.8 Å². The molecule has 0 spiro atoms. The summed E-state index contributed by atoms with van der Waals surface area (Å²) in [7, 11) is 0. The second kappa shape index (κ2) is 5.60. The van der Waals surface area contributed by atoms with Gasteiger partial charge in [-0.15, -0.1) is 0 Å². The highest BCUT2D eigenvalue weighted by Gasteiger charge is 2.10. The molecule has 2 aromatic heterocycles. The highest BCUT2D eigenvalue weighted by atomic mass is 14.7. The molecule has 0 fully saturated rings. The first-order chi connectivity index (χ1) is 12.4. The maximum absolute atomic E-state index is 4.47. The predicted molar refractivity (Wildman–Crippen MR) is 104 cm³/mol. The summed E-state index contributed by atoms with van der Waals surface area (Å²) in [6.45, 7) is 0. The number of rotatable bonds is 2. The number of pyridine rings is 1. The van der Waals surface area contributed by atoms with Gasteiger partial charge in [0.05, 0.1) is 11.2 Å². The predicted octanol–water partition coefficient (Wildman–Crippen LogP) is 6.05. The zero-order valence-corrected chi connectivity index (χ0v) is 13.6. The van der Waals surface area contributed by atoms with E-state index in [2.05, 4.69) is 76.7 Å². The molecule has 118 valence electrons. The van der Waals surface area contributed by atoms with Crippen LogP contribution in [0.25, 0.3) is 44.2 Å². The number of aromatic nitrogens is 2. The summed E-state index contributed by atoms with van der Waals surface area (Å²) in [5, 5.41) is 2.52. The van der Waals surface area contributed by atoms with Crippen LogP contribution in [0.1, 0.15) is 0 Å². The molecule has 2 heteroatoms. The van der Waals surface area contributed by atoms with Gasteiger partial charge in [0.1, 0.15) is 0 Å². The van der Waals surface area contributed by atoms with Crippen LogP contribution < -0.4 is 0 Å². The van der Waals surface area contributed by atoms with Crippen LogP contribution in [0.2, 0.25) is 0 Å². The van der Waals surface area contributed by atoms with Crippen LogP contribution in [-0.2, 0) is 0 Å². The number of benzene rings is 3. The van der Waals surface area contributed by atoms with Crippen molar-refractivity contribution in [3.63, 3.8) is 0 Å². The zero-order valence-electron chi connectivity index (χ0n) is 13.6. The van der Waals surface area contributed by atoms with Gasteiger partial charge in [0.2, 0.25) is 0 Å². The average Bonchev–Trinajstić information content (AvgIpc) is 3.07. The lowest BCUT2D eigenvalue weighted by Crippen LogP contribution is -1.85. The molecule has 0 amide bonds. The molecule has 0 saturated carbocycles. The van der Waals surface area contributed by atoms with Gasteiger partial charge in [-0.3, -0.25) is 4.98 Å². The Morgan fingerprint density at radius 2 is 1.44 bits per heavy atom. The molecule has 2 heterocycles. The lowest BCUT2D eigenvalue weighted by molar-refractivity contribution is 1.33. The Balaban J connectivity index is 1.74. The van der Waals surface area contributed by atoms with E-state index in [4.69, 9.17) is 0 Å². The van der Waals surface area contributed by atoms with Crippen LogP contribution in [0.5, 0.6) is 0 Å². The number of nitrogens with one attached hydrogen (secondary N) is 1. The summed E-state index contributed by atoms with van der Waals surface area (Å²) in [6.07, 6.45) is 1.83. The molecule has 0 radical (unpaired) electrons. The van der Waals surface area contributed by atoms with Crippen molar-refractivity contribution in [3.05, 3.63) is 91.1 Å². The molecule has 0 aliphatic heterocycles. The van der Waals surface area contributed by atoms with Crippen molar-refractivity contribution in [1.29, 1.82) is 0 Å². The van der Waals surface area contributed by atoms with E-state index in [0.717, 1.165) is 11.3 Å². The summed E-state index contributed by atoms with van der Waals surface area (Å²) >= 11 is 0. The van der Waals surface area contributed by atoms with Gasteiger partial charge < -0.3 is 4.98 Å². The number of nitrogens with zero attached hydrogens (tertiary/aromatic N) is 1. The van der Waals surface area contributed by atoms with Gasteiger partial charge in [-0.25, -0.2) is 0 Å². The molecule has 0 aliphatic rings. The second-order valence-electron chi connectivity index (χ2n) is 6.19. The quantitative estimate of drug-likeness (QED) is 0.421. The minimum atomic E-state index is 0.994. The highest BCUT2D eigenvalue weighted by molar-refractivity contribution is 6.11. The Morgan fingerprint density at radius 1 is 0.640 bits per heavy atom. The second-order valence-corrected chi connectivity index (χ2v) is 6.19. The number of fused-ring (bicyclic) bond motifs is 3. The molecule has 25 heavy (non-hydrogen) atoms. The Hall–Kier alpha value is -3.39. The van der Waals surface area contributed by atoms with E-state index in [0.29, 0.717) is 0 Å². The van der Waals surface area contributed by atoms with E-state index in [1.165, 1.54) is 32.9 Å². The standard InChI is InChI=1S/C23H16N2/c1-2-13-22-19(9-1)20-11-6-10-18(23(20)25-22)16-7-5-8-17(15-16)21-12-3-4-14-24-21/h1-15,25H. The van der Waals surface area contributed by atoms with Gasteiger partial charge >= 0.3 is 0 Å². The van der Waals surface area contributed by atoms with E-state index >= 15 is 0 Å². The van der Waals surface area contributed by atoms with Crippen LogP contribution in [0.15, 0.2) is 91.1 Å². The molecule has 3 aromatic carbocycles. The minimum absolute atomic E-state index is 0.994. The molecule has 0 saturated heterocycles. The molecule has 0 atom stereocenters. The highest BCUT2D eigenvalue weighted by Crippen LogP contribution is 2.34. The fourth-order valence-electron chi connectivity index (χ4n) is 3.49. The van der Waals surface area contributed by atoms with Gasteiger partial charge in [-0.1, -0.05) is 60.7 Å². The number of para-hydroxylation sites is 2. The van der Waals surface area contributed by atoms with Crippen molar-refractivity contribution in [2.75, 3.05) is 0 Å². The number of hydrogen-bond donors (Lipinski definition) is 1. The number of hydrogen-bond acceptors (Lipinski definition) is 1. The Morgan fingerprint density at radius 3 is 2.36 bits per heavy atom. The molecule has 0 bridgehead atoms. The third-order valence-electron chi connectivity index (χ3n) is 4.68. The fourth-order valence-corrected chi connectivity index (χ4v) is 3.49. The van der Waals surface area contributed by atoms with Crippen LogP contribution in [0.4, 0.5) is 0 Å². The first kappa shape index (κ1) is 14.0. The monoisotopic (exact) mass is 320 g/mol. The van der Waals surface area contributed by atoms with Crippen LogP contribution >= 0.6 is 0 Å². The normalized spacial score (nSPS) is 11.2. The van der Waals surface area contributed by atoms with E-state index in [1.54, 1.807) is 0 Å². The Labute approximate surface area is 145 Å². The zero-order chi connectivity index (χ0) is 16.6. The molecule has 5 aromatic rings. The van der Waals surface area contributed by atoms with Crippen molar-refractivity contribution in [2.24, 2.45) is 0 Å². The third-order valence-corrected chi connectivity index (χ3v) is 4.68. The molecule has 2 nitrogen and oxygen atoms in total. The lowest BCUT2D eigenvalue weighted by atomic mass is 9.99. The van der Waals surface area contributed by atoms with Crippen LogP contribution in [0.3, 0.4) is 0 Å². The SMILES string of the molecule is c1ccc(-c2cccc(-c3cccc4c3[nH]c3ccccc34)c2)nc1. The maximum atomic E-state index is 4.47. The molecular weight excluding hydrogens is 304 g/mol. The molecule has 0 unspecified atom stereocenters. The molecule has 5 rings (SSSR count). The number of aromatic amines is 1. The first-order valence-corrected chi connectivity index (χ1v) is 8.41. The van der Waals surface area contributed by atoms with Crippen molar-refractivity contribution in [1.82, 2.24) is 9.97 Å². The summed E-state index contributed by atoms with van der Waals surface area (Å²) in [5.74, 6) is 0. The Bertz CT molecular complexity index is 1190. The van der Waals surface area contributed by atoms with Crippen molar-refractivity contribution in [2.45, 2.75) is 0 Å². The summed E-state index contributed by atoms with van der Waals surface area (Å²) in [5.41, 5.74) is 6.89. The summed E-state index contributed by atoms with van der Waals surface area (Å²) < 4.78 is 0. The van der Waals surface area contributed by atoms with Gasteiger partial charge in [0, 0.05) is 33.6 Å². The van der Waals surface area contributed by atoms with Crippen molar-refractivity contribution in [3.8, 4) is 22.4 Å². The first-order valence-electron chi connectivity index (χ1n) is 8.41. The Kier molecular flexibility index (Phi) is 3.14. The van der Waals surface area contributed by atoms with Crippen LogP contribution in [0, 0.1) is 0 Å². The van der Waals surface area contributed by atoms with Gasteiger partial charge in [0.25, 0.3) is 0 Å². The van der Waals surface area contributed by atoms with Gasteiger partial charge in [-0.2, -0.15) is 0 Å². The molecular formula is C23H16N2. The van der Waals surface area contributed by atoms with E-state index in [9.17, 15) is 0 Å². The van der Waals surface area contributed by atoms with Crippen molar-refractivity contribution < 1.29 is 0 Å². The van der Waals surface area contributed by atoms with Crippen LogP contribution in [-0.4, -0.2) is 9.97 Å². The smallest absolute Gasteiger partial charge is 0.0702 e. The fraction of sp³-hybridized carbons (Fsp3) is 0. The molecule has 0 aliphatic carbocycles. The molecule has 1 N–H and O–H groups in total. The largest absolute Gasteiger partial charge is 0.354 e. The minimum Gasteiger partial charge on any atom is -0.354 e. The average molecular weight is 320 g/mol. The maximum Gasteiger partial charge on any atom is 0.0702 e. The van der Waals surface area contributed by atoms with E-state index in [1.807, 2.05) is 24.4 Å². The third kappa shape index (κ3) is 2.31. The lowest BCUT2D eigenvalue weighted by Gasteiger charge is -2.07. The number of H-pyrrole nitrogens is 1. The summed E-state index contributed by atoms with van der Waals surface area (Å²) in [4.78, 5) is 8.06.